The van der Waals surface area contributed by atoms with Crippen molar-refractivity contribution in [1.82, 2.24) is 15.5 Å². The Morgan fingerprint density at radius 3 is 2.33 bits per heavy atom. The SMILES string of the molecule is CNC(=O)c1ccc(CN(C)CC(=O)NC2CCC(C)CC2)cc1. The Hall–Kier alpha value is -1.88. The quantitative estimate of drug-likeness (QED) is 0.840. The Balaban J connectivity index is 1.76. The minimum atomic E-state index is -0.0870. The lowest BCUT2D eigenvalue weighted by atomic mass is 9.87. The number of amides is 2. The lowest BCUT2D eigenvalue weighted by molar-refractivity contribution is -0.123. The number of hydrogen-bond acceptors (Lipinski definition) is 3. The lowest BCUT2D eigenvalue weighted by Gasteiger charge is -2.27. The number of hydrogen-bond donors (Lipinski definition) is 2. The summed E-state index contributed by atoms with van der Waals surface area (Å²) in [5.41, 5.74) is 1.73. The van der Waals surface area contributed by atoms with E-state index in [2.05, 4.69) is 17.6 Å². The van der Waals surface area contributed by atoms with Crippen molar-refractivity contribution in [1.29, 1.82) is 0 Å². The molecule has 24 heavy (non-hydrogen) atoms. The summed E-state index contributed by atoms with van der Waals surface area (Å²) in [4.78, 5) is 25.7. The maximum atomic E-state index is 12.2. The van der Waals surface area contributed by atoms with Crippen molar-refractivity contribution in [2.45, 2.75) is 45.2 Å². The number of benzene rings is 1. The highest BCUT2D eigenvalue weighted by Gasteiger charge is 2.20. The van der Waals surface area contributed by atoms with Crippen molar-refractivity contribution < 1.29 is 9.59 Å². The molecule has 132 valence electrons. The van der Waals surface area contributed by atoms with E-state index in [1.165, 1.54) is 12.8 Å². The molecule has 0 saturated heterocycles. The van der Waals surface area contributed by atoms with E-state index < -0.39 is 0 Å². The van der Waals surface area contributed by atoms with Crippen LogP contribution in [0.15, 0.2) is 24.3 Å². The van der Waals surface area contributed by atoms with Gasteiger partial charge in [0, 0.05) is 25.2 Å². The second-order valence-corrected chi connectivity index (χ2v) is 6.97. The summed E-state index contributed by atoms with van der Waals surface area (Å²) >= 11 is 0. The van der Waals surface area contributed by atoms with Crippen molar-refractivity contribution in [3.8, 4) is 0 Å². The van der Waals surface area contributed by atoms with E-state index in [1.807, 2.05) is 36.2 Å². The van der Waals surface area contributed by atoms with Gasteiger partial charge >= 0.3 is 0 Å². The molecule has 0 unspecified atom stereocenters. The average molecular weight is 331 g/mol. The maximum absolute atomic E-state index is 12.2. The molecule has 5 heteroatoms. The molecule has 0 radical (unpaired) electrons. The van der Waals surface area contributed by atoms with Crippen molar-refractivity contribution >= 4 is 11.8 Å². The molecule has 0 atom stereocenters. The summed E-state index contributed by atoms with van der Waals surface area (Å²) in [5.74, 6) is 0.800. The van der Waals surface area contributed by atoms with E-state index in [0.717, 1.165) is 24.3 Å². The molecule has 1 aromatic carbocycles. The summed E-state index contributed by atoms with van der Waals surface area (Å²) in [6, 6.07) is 7.83. The fourth-order valence-electron chi connectivity index (χ4n) is 3.20. The lowest BCUT2D eigenvalue weighted by Crippen LogP contribution is -2.42. The highest BCUT2D eigenvalue weighted by Crippen LogP contribution is 2.23. The minimum Gasteiger partial charge on any atom is -0.355 e. The number of nitrogens with one attached hydrogen (secondary N) is 2. The van der Waals surface area contributed by atoms with Gasteiger partial charge in [0.1, 0.15) is 0 Å². The third-order valence-corrected chi connectivity index (χ3v) is 4.69. The van der Waals surface area contributed by atoms with Gasteiger partial charge in [-0.3, -0.25) is 14.5 Å². The molecule has 1 aliphatic rings. The van der Waals surface area contributed by atoms with Gasteiger partial charge in [0.05, 0.1) is 6.54 Å². The van der Waals surface area contributed by atoms with E-state index in [-0.39, 0.29) is 11.8 Å². The monoisotopic (exact) mass is 331 g/mol. The van der Waals surface area contributed by atoms with E-state index in [0.29, 0.717) is 24.7 Å². The number of rotatable bonds is 6. The zero-order valence-electron chi connectivity index (χ0n) is 15.0. The van der Waals surface area contributed by atoms with E-state index >= 15 is 0 Å². The Bertz CT molecular complexity index is 548. The summed E-state index contributed by atoms with van der Waals surface area (Å²) in [6.45, 7) is 3.35. The van der Waals surface area contributed by atoms with Crippen LogP contribution in [0.3, 0.4) is 0 Å². The molecule has 1 aromatic rings. The number of carbonyl (C=O) groups excluding carboxylic acids is 2. The molecule has 0 heterocycles. The van der Waals surface area contributed by atoms with Gasteiger partial charge in [-0.2, -0.15) is 0 Å². The van der Waals surface area contributed by atoms with Gasteiger partial charge in [-0.05, 0) is 56.3 Å². The Labute approximate surface area is 144 Å². The molecule has 2 amide bonds. The van der Waals surface area contributed by atoms with Crippen LogP contribution in [0.25, 0.3) is 0 Å². The summed E-state index contributed by atoms with van der Waals surface area (Å²) < 4.78 is 0. The molecular formula is C19H29N3O2. The standard InChI is InChI=1S/C19H29N3O2/c1-14-4-10-17(11-5-14)21-18(23)13-22(3)12-15-6-8-16(9-7-15)19(24)20-2/h6-9,14,17H,4-5,10-13H2,1-3H3,(H,20,24)(H,21,23). The second kappa shape index (κ2) is 8.83. The van der Waals surface area contributed by atoms with Crippen LogP contribution in [-0.4, -0.2) is 43.4 Å². The molecule has 5 nitrogen and oxygen atoms in total. The number of nitrogens with zero attached hydrogens (tertiary/aromatic N) is 1. The molecule has 1 fully saturated rings. The second-order valence-electron chi connectivity index (χ2n) is 6.97. The van der Waals surface area contributed by atoms with Crippen molar-refractivity contribution in [3.05, 3.63) is 35.4 Å². The topological polar surface area (TPSA) is 61.4 Å². The van der Waals surface area contributed by atoms with Crippen LogP contribution in [0.4, 0.5) is 0 Å². The fourth-order valence-corrected chi connectivity index (χ4v) is 3.20. The Kier molecular flexibility index (Phi) is 6.79. The molecule has 1 saturated carbocycles. The zero-order chi connectivity index (χ0) is 17.5. The third kappa shape index (κ3) is 5.64. The van der Waals surface area contributed by atoms with Gasteiger partial charge in [-0.25, -0.2) is 0 Å². The summed E-state index contributed by atoms with van der Waals surface area (Å²) in [7, 11) is 3.56. The van der Waals surface area contributed by atoms with Gasteiger partial charge < -0.3 is 10.6 Å². The van der Waals surface area contributed by atoms with Crippen LogP contribution in [0, 0.1) is 5.92 Å². The predicted octanol–water partition coefficient (Wildman–Crippen LogP) is 2.17. The first kappa shape index (κ1) is 18.5. The molecule has 0 aliphatic heterocycles. The third-order valence-electron chi connectivity index (χ3n) is 4.69. The first-order valence-corrected chi connectivity index (χ1v) is 8.77. The van der Waals surface area contributed by atoms with Crippen LogP contribution in [0.1, 0.15) is 48.5 Å². The van der Waals surface area contributed by atoms with Crippen molar-refractivity contribution in [2.24, 2.45) is 5.92 Å². The average Bonchev–Trinajstić information content (AvgIpc) is 2.56. The molecule has 2 N–H and O–H groups in total. The molecule has 0 aromatic heterocycles. The van der Waals surface area contributed by atoms with Gasteiger partial charge in [0.25, 0.3) is 5.91 Å². The maximum Gasteiger partial charge on any atom is 0.251 e. The molecule has 0 spiro atoms. The first-order chi connectivity index (χ1) is 11.5. The van der Waals surface area contributed by atoms with E-state index in [1.54, 1.807) is 7.05 Å². The predicted molar refractivity (Wildman–Crippen MR) is 95.7 cm³/mol. The van der Waals surface area contributed by atoms with Crippen LogP contribution in [0.5, 0.6) is 0 Å². The van der Waals surface area contributed by atoms with Crippen LogP contribution in [-0.2, 0) is 11.3 Å². The van der Waals surface area contributed by atoms with Crippen molar-refractivity contribution in [2.75, 3.05) is 20.6 Å². The van der Waals surface area contributed by atoms with E-state index in [4.69, 9.17) is 0 Å². The first-order valence-electron chi connectivity index (χ1n) is 8.77. The van der Waals surface area contributed by atoms with E-state index in [9.17, 15) is 9.59 Å². The van der Waals surface area contributed by atoms with Crippen molar-refractivity contribution in [3.63, 3.8) is 0 Å². The van der Waals surface area contributed by atoms with Gasteiger partial charge in [-0.15, -0.1) is 0 Å². The number of likely N-dealkylation sites (N-methyl/N-ethyl adjacent to an activating group) is 1. The largest absolute Gasteiger partial charge is 0.355 e. The molecule has 1 aliphatic carbocycles. The summed E-state index contributed by atoms with van der Waals surface area (Å²) in [5, 5.41) is 5.76. The molecular weight excluding hydrogens is 302 g/mol. The number of carbonyl (C=O) groups is 2. The summed E-state index contributed by atoms with van der Waals surface area (Å²) in [6.07, 6.45) is 4.60. The van der Waals surface area contributed by atoms with Gasteiger partial charge in [0.2, 0.25) is 5.91 Å². The van der Waals surface area contributed by atoms with Crippen LogP contribution in [0.2, 0.25) is 0 Å². The highest BCUT2D eigenvalue weighted by atomic mass is 16.2. The highest BCUT2D eigenvalue weighted by molar-refractivity contribution is 5.93. The molecule has 0 bridgehead atoms. The Morgan fingerprint density at radius 2 is 1.75 bits per heavy atom. The normalized spacial score (nSPS) is 20.7. The minimum absolute atomic E-state index is 0.0870. The van der Waals surface area contributed by atoms with Crippen LogP contribution < -0.4 is 10.6 Å². The smallest absolute Gasteiger partial charge is 0.251 e. The van der Waals surface area contributed by atoms with Gasteiger partial charge in [0.15, 0.2) is 0 Å². The fraction of sp³-hybridized carbons (Fsp3) is 0.579. The zero-order valence-corrected chi connectivity index (χ0v) is 15.0. The van der Waals surface area contributed by atoms with Gasteiger partial charge in [-0.1, -0.05) is 19.1 Å². The molecule has 2 rings (SSSR count). The van der Waals surface area contributed by atoms with Crippen LogP contribution >= 0.6 is 0 Å². The Morgan fingerprint density at radius 1 is 1.12 bits per heavy atom.